The Morgan fingerprint density at radius 2 is 1.86 bits per heavy atom. The average molecular weight is 489 g/mol. The second-order valence-corrected chi connectivity index (χ2v) is 7.88. The van der Waals surface area contributed by atoms with Crippen LogP contribution in [-0.4, -0.2) is 35.1 Å². The molecule has 36 heavy (non-hydrogen) atoms. The van der Waals surface area contributed by atoms with Crippen molar-refractivity contribution >= 4 is 29.3 Å². The first-order valence-electron chi connectivity index (χ1n) is 10.8. The topological polar surface area (TPSA) is 136 Å². The molecule has 2 aromatic carbocycles. The summed E-state index contributed by atoms with van der Waals surface area (Å²) in [6.45, 7) is 4.64. The number of hydrogen-bond donors (Lipinski definition) is 1. The Kier molecular flexibility index (Phi) is 7.86. The number of aryl methyl sites for hydroxylation is 2. The predicted molar refractivity (Wildman–Crippen MR) is 133 cm³/mol. The highest BCUT2D eigenvalue weighted by molar-refractivity contribution is 6.01. The fourth-order valence-electron chi connectivity index (χ4n) is 3.71. The Bertz CT molecular complexity index is 1400. The summed E-state index contributed by atoms with van der Waals surface area (Å²) in [6.07, 6.45) is 1.40. The summed E-state index contributed by atoms with van der Waals surface area (Å²) in [5, 5.41) is 23.1. The van der Waals surface area contributed by atoms with Gasteiger partial charge in [0.2, 0.25) is 0 Å². The molecule has 1 heterocycles. The quantitative estimate of drug-likeness (QED) is 0.163. The Labute approximate surface area is 207 Å². The third kappa shape index (κ3) is 5.59. The fourth-order valence-corrected chi connectivity index (χ4v) is 3.71. The van der Waals surface area contributed by atoms with Crippen molar-refractivity contribution in [2.24, 2.45) is 0 Å². The first-order chi connectivity index (χ1) is 17.2. The summed E-state index contributed by atoms with van der Waals surface area (Å²) in [4.78, 5) is 35.4. The number of aromatic nitrogens is 1. The van der Waals surface area contributed by atoms with Crippen LogP contribution in [0.4, 0.5) is 11.4 Å². The van der Waals surface area contributed by atoms with Gasteiger partial charge in [-0.1, -0.05) is 12.1 Å². The van der Waals surface area contributed by atoms with E-state index in [1.54, 1.807) is 20.1 Å². The zero-order valence-corrected chi connectivity index (χ0v) is 20.2. The van der Waals surface area contributed by atoms with Gasteiger partial charge in [0.25, 0.3) is 11.6 Å². The molecule has 3 aromatic rings. The van der Waals surface area contributed by atoms with Crippen LogP contribution >= 0.6 is 0 Å². The summed E-state index contributed by atoms with van der Waals surface area (Å²) >= 11 is 0. The maximum atomic E-state index is 12.5. The second-order valence-electron chi connectivity index (χ2n) is 7.88. The molecule has 0 spiro atoms. The number of benzene rings is 2. The number of hydrogen-bond acceptors (Lipinski definition) is 7. The van der Waals surface area contributed by atoms with E-state index in [4.69, 9.17) is 9.47 Å². The predicted octanol–water partition coefficient (Wildman–Crippen LogP) is 4.41. The van der Waals surface area contributed by atoms with E-state index in [1.807, 2.05) is 54.8 Å². The highest BCUT2D eigenvalue weighted by Crippen LogP contribution is 2.28. The summed E-state index contributed by atoms with van der Waals surface area (Å²) in [6, 6.07) is 15.4. The maximum Gasteiger partial charge on any atom is 0.349 e. The van der Waals surface area contributed by atoms with Gasteiger partial charge >= 0.3 is 5.97 Å². The summed E-state index contributed by atoms with van der Waals surface area (Å²) in [5.74, 6) is -1.03. The molecular weight excluding hydrogens is 464 g/mol. The number of carbonyl (C=O) groups is 2. The SMILES string of the molecule is COc1ccc(-n2c(C)cc(/C=C(\C#N)C(=O)OCC(=O)Nc3c(C)cccc3[N+](=O)[O-])c2C)cc1. The van der Waals surface area contributed by atoms with Gasteiger partial charge in [0.05, 0.1) is 12.0 Å². The molecular formula is C26H24N4O6. The van der Waals surface area contributed by atoms with E-state index in [-0.39, 0.29) is 16.9 Å². The van der Waals surface area contributed by atoms with Crippen LogP contribution in [0.3, 0.4) is 0 Å². The van der Waals surface area contributed by atoms with E-state index in [0.29, 0.717) is 11.1 Å². The van der Waals surface area contributed by atoms with Gasteiger partial charge < -0.3 is 19.4 Å². The molecule has 10 nitrogen and oxygen atoms in total. The zero-order valence-electron chi connectivity index (χ0n) is 20.2. The number of anilines is 1. The molecule has 0 bridgehead atoms. The molecule has 0 saturated carbocycles. The minimum atomic E-state index is -0.985. The highest BCUT2D eigenvalue weighted by atomic mass is 16.6. The van der Waals surface area contributed by atoms with E-state index in [0.717, 1.165) is 22.8 Å². The van der Waals surface area contributed by atoms with Crippen LogP contribution < -0.4 is 10.1 Å². The standard InChI is InChI=1S/C26H24N4O6/c1-16-6-5-7-23(30(33)34)25(16)28-24(31)15-36-26(32)20(14-27)13-19-12-17(2)29(18(19)3)21-8-10-22(35-4)11-9-21/h5-13H,15H2,1-4H3,(H,28,31)/b20-13+. The van der Waals surface area contributed by atoms with E-state index >= 15 is 0 Å². The number of nitro groups is 1. The molecule has 0 radical (unpaired) electrons. The van der Waals surface area contributed by atoms with Crippen LogP contribution in [0.1, 0.15) is 22.5 Å². The van der Waals surface area contributed by atoms with Crippen molar-refractivity contribution in [1.29, 1.82) is 5.26 Å². The van der Waals surface area contributed by atoms with Crippen LogP contribution in [0.25, 0.3) is 11.8 Å². The average Bonchev–Trinajstić information content (AvgIpc) is 3.14. The number of rotatable bonds is 8. The van der Waals surface area contributed by atoms with Gasteiger partial charge in [-0.15, -0.1) is 0 Å². The minimum absolute atomic E-state index is 0.0190. The molecule has 1 aromatic heterocycles. The monoisotopic (exact) mass is 488 g/mol. The number of nitrogens with zero attached hydrogens (tertiary/aromatic N) is 3. The van der Waals surface area contributed by atoms with Crippen LogP contribution in [0.15, 0.2) is 54.1 Å². The third-order valence-corrected chi connectivity index (χ3v) is 5.49. The molecule has 0 aliphatic heterocycles. The first kappa shape index (κ1) is 25.7. The van der Waals surface area contributed by atoms with E-state index in [1.165, 1.54) is 18.2 Å². The highest BCUT2D eigenvalue weighted by Gasteiger charge is 2.20. The van der Waals surface area contributed by atoms with E-state index in [2.05, 4.69) is 5.32 Å². The molecule has 0 saturated heterocycles. The molecule has 0 atom stereocenters. The number of nitrogens with one attached hydrogen (secondary N) is 1. The van der Waals surface area contributed by atoms with Crippen LogP contribution in [0.5, 0.6) is 5.75 Å². The number of nitriles is 1. The number of methoxy groups -OCH3 is 1. The molecule has 0 fully saturated rings. The smallest absolute Gasteiger partial charge is 0.349 e. The van der Waals surface area contributed by atoms with Crippen LogP contribution in [0, 0.1) is 42.2 Å². The number of esters is 1. The van der Waals surface area contributed by atoms with Gasteiger partial charge in [0.1, 0.15) is 23.1 Å². The molecule has 3 rings (SSSR count). The zero-order chi connectivity index (χ0) is 26.4. The van der Waals surface area contributed by atoms with Crippen molar-refractivity contribution in [2.45, 2.75) is 20.8 Å². The van der Waals surface area contributed by atoms with Crippen LogP contribution in [-0.2, 0) is 14.3 Å². The number of amides is 1. The summed E-state index contributed by atoms with van der Waals surface area (Å²) < 4.78 is 12.2. The Balaban J connectivity index is 1.75. The molecule has 184 valence electrons. The lowest BCUT2D eigenvalue weighted by molar-refractivity contribution is -0.384. The maximum absolute atomic E-state index is 12.5. The van der Waals surface area contributed by atoms with Gasteiger partial charge in [-0.25, -0.2) is 4.79 Å². The molecule has 1 N–H and O–H groups in total. The molecule has 0 aliphatic rings. The van der Waals surface area contributed by atoms with E-state index in [9.17, 15) is 25.0 Å². The first-order valence-corrected chi connectivity index (χ1v) is 10.8. The largest absolute Gasteiger partial charge is 0.497 e. The Morgan fingerprint density at radius 3 is 2.47 bits per heavy atom. The van der Waals surface area contributed by atoms with Crippen molar-refractivity contribution in [3.63, 3.8) is 0 Å². The molecule has 0 unspecified atom stereocenters. The minimum Gasteiger partial charge on any atom is -0.497 e. The summed E-state index contributed by atoms with van der Waals surface area (Å²) in [5.41, 5.74) is 3.13. The van der Waals surface area contributed by atoms with Gasteiger partial charge in [-0.3, -0.25) is 14.9 Å². The van der Waals surface area contributed by atoms with Gasteiger partial charge in [-0.2, -0.15) is 5.26 Å². The van der Waals surface area contributed by atoms with Crippen molar-refractivity contribution in [1.82, 2.24) is 4.57 Å². The lowest BCUT2D eigenvalue weighted by atomic mass is 10.1. The normalized spacial score (nSPS) is 10.9. The van der Waals surface area contributed by atoms with Gasteiger partial charge in [0, 0.05) is 23.1 Å². The molecule has 1 amide bonds. The summed E-state index contributed by atoms with van der Waals surface area (Å²) in [7, 11) is 1.59. The van der Waals surface area contributed by atoms with Gasteiger partial charge in [-0.05, 0) is 68.3 Å². The van der Waals surface area contributed by atoms with Crippen molar-refractivity contribution < 1.29 is 24.0 Å². The third-order valence-electron chi connectivity index (χ3n) is 5.49. The Hall–Kier alpha value is -4.91. The second kappa shape index (κ2) is 11.0. The lowest BCUT2D eigenvalue weighted by Gasteiger charge is -2.10. The van der Waals surface area contributed by atoms with Crippen LogP contribution in [0.2, 0.25) is 0 Å². The number of carbonyl (C=O) groups excluding carboxylic acids is 2. The van der Waals surface area contributed by atoms with Crippen molar-refractivity contribution in [3.05, 3.63) is 86.7 Å². The van der Waals surface area contributed by atoms with E-state index < -0.39 is 23.4 Å². The lowest BCUT2D eigenvalue weighted by Crippen LogP contribution is -2.22. The van der Waals surface area contributed by atoms with Crippen molar-refractivity contribution in [3.8, 4) is 17.5 Å². The fraction of sp³-hybridized carbons (Fsp3) is 0.192. The van der Waals surface area contributed by atoms with Crippen molar-refractivity contribution in [2.75, 3.05) is 19.0 Å². The number of nitro benzene ring substituents is 1. The Morgan fingerprint density at radius 1 is 1.17 bits per heavy atom. The molecule has 0 aliphatic carbocycles. The number of ether oxygens (including phenoxy) is 2. The van der Waals surface area contributed by atoms with Gasteiger partial charge in [0.15, 0.2) is 6.61 Å². The molecule has 10 heteroatoms. The number of para-hydroxylation sites is 1.